The molecule has 0 aliphatic carbocycles. The number of aromatic nitrogens is 2. The van der Waals surface area contributed by atoms with Crippen molar-refractivity contribution in [2.24, 2.45) is 5.92 Å². The number of thiazole rings is 1. The van der Waals surface area contributed by atoms with E-state index in [0.717, 1.165) is 38.7 Å². The Morgan fingerprint density at radius 1 is 1.50 bits per heavy atom. The summed E-state index contributed by atoms with van der Waals surface area (Å²) in [7, 11) is 2.69. The van der Waals surface area contributed by atoms with Gasteiger partial charge in [0.25, 0.3) is 0 Å². The Bertz CT molecular complexity index is 660. The molecule has 4 nitrogen and oxygen atoms in total. The molecule has 0 radical (unpaired) electrons. The van der Waals surface area contributed by atoms with E-state index in [1.54, 1.807) is 11.8 Å². The summed E-state index contributed by atoms with van der Waals surface area (Å²) in [5.74, 6) is 0.850. The third-order valence-corrected chi connectivity index (χ3v) is 5.60. The van der Waals surface area contributed by atoms with Crippen molar-refractivity contribution < 1.29 is 4.79 Å². The van der Waals surface area contributed by atoms with Gasteiger partial charge in [-0.15, -0.1) is 9.24 Å². The van der Waals surface area contributed by atoms with E-state index in [1.807, 2.05) is 32.5 Å². The van der Waals surface area contributed by atoms with Crippen molar-refractivity contribution in [3.05, 3.63) is 29.7 Å². The quantitative estimate of drug-likeness (QED) is 0.802. The first-order valence-corrected chi connectivity index (χ1v) is 9.99. The number of aryl methyl sites for hydroxylation is 1. The number of rotatable bonds is 6. The lowest BCUT2D eigenvalue weighted by Gasteiger charge is -2.09. The molecule has 0 bridgehead atoms. The van der Waals surface area contributed by atoms with Crippen LogP contribution in [0.5, 0.6) is 0 Å². The zero-order valence-electron chi connectivity index (χ0n) is 12.9. The minimum Gasteiger partial charge on any atom is -0.316 e. The van der Waals surface area contributed by atoms with E-state index in [2.05, 4.69) is 30.6 Å². The fourth-order valence-corrected chi connectivity index (χ4v) is 3.74. The van der Waals surface area contributed by atoms with E-state index < -0.39 is 0 Å². The Labute approximate surface area is 141 Å². The van der Waals surface area contributed by atoms with Crippen LogP contribution in [0.2, 0.25) is 0 Å². The zero-order chi connectivity index (χ0) is 16.1. The van der Waals surface area contributed by atoms with Crippen molar-refractivity contribution >= 4 is 43.2 Å². The van der Waals surface area contributed by atoms with Gasteiger partial charge in [-0.2, -0.15) is 11.8 Å². The summed E-state index contributed by atoms with van der Waals surface area (Å²) in [6.07, 6.45) is 6.53. The van der Waals surface area contributed by atoms with Gasteiger partial charge < -0.3 is 5.32 Å². The smallest absolute Gasteiger partial charge is 0.228 e. The van der Waals surface area contributed by atoms with Gasteiger partial charge in [-0.3, -0.25) is 9.78 Å². The van der Waals surface area contributed by atoms with Crippen molar-refractivity contribution in [3.63, 3.8) is 0 Å². The Morgan fingerprint density at radius 3 is 2.95 bits per heavy atom. The van der Waals surface area contributed by atoms with Crippen LogP contribution in [0.25, 0.3) is 10.6 Å². The molecule has 2 unspecified atom stereocenters. The summed E-state index contributed by atoms with van der Waals surface area (Å²) in [5, 5.41) is 4.70. The molecule has 0 saturated carbocycles. The number of hydrogen-bond acceptors (Lipinski definition) is 5. The van der Waals surface area contributed by atoms with E-state index in [9.17, 15) is 4.79 Å². The van der Waals surface area contributed by atoms with Gasteiger partial charge in [0.1, 0.15) is 10.0 Å². The van der Waals surface area contributed by atoms with Gasteiger partial charge in [0.05, 0.1) is 5.69 Å². The Balaban J connectivity index is 2.19. The molecule has 0 aliphatic heterocycles. The first-order valence-electron chi connectivity index (χ1n) is 6.96. The monoisotopic (exact) mass is 353 g/mol. The average Bonchev–Trinajstić information content (AvgIpc) is 2.88. The Morgan fingerprint density at radius 2 is 2.27 bits per heavy atom. The Hall–Kier alpha value is -0.970. The molecule has 118 valence electrons. The summed E-state index contributed by atoms with van der Waals surface area (Å²) in [4.78, 5) is 21.0. The molecule has 2 aromatic heterocycles. The van der Waals surface area contributed by atoms with Gasteiger partial charge in [0.2, 0.25) is 5.91 Å². The maximum absolute atomic E-state index is 12.1. The molecule has 1 amide bonds. The number of amides is 1. The van der Waals surface area contributed by atoms with Crippen molar-refractivity contribution in [2.75, 3.05) is 17.3 Å². The average molecular weight is 353 g/mol. The topological polar surface area (TPSA) is 54.9 Å². The molecule has 0 saturated heterocycles. The first-order chi connectivity index (χ1) is 10.5. The van der Waals surface area contributed by atoms with Crippen LogP contribution in [0.15, 0.2) is 18.5 Å². The van der Waals surface area contributed by atoms with Gasteiger partial charge in [0, 0.05) is 29.6 Å². The second-order valence-corrected chi connectivity index (χ2v) is 7.38. The van der Waals surface area contributed by atoms with E-state index >= 15 is 0 Å². The van der Waals surface area contributed by atoms with Gasteiger partial charge in [-0.05, 0) is 31.0 Å². The third-order valence-electron chi connectivity index (χ3n) is 3.18. The number of nitrogens with zero attached hydrogens (tertiary/aromatic N) is 2. The summed E-state index contributed by atoms with van der Waals surface area (Å²) >= 11 is 3.17. The molecule has 7 heteroatoms. The normalized spacial score (nSPS) is 12.2. The van der Waals surface area contributed by atoms with E-state index in [4.69, 9.17) is 0 Å². The molecule has 1 N–H and O–H groups in total. The van der Waals surface area contributed by atoms with Gasteiger partial charge >= 0.3 is 0 Å². The molecule has 2 heterocycles. The predicted molar refractivity (Wildman–Crippen MR) is 99.7 cm³/mol. The lowest BCUT2D eigenvalue weighted by atomic mass is 10.2. The van der Waals surface area contributed by atoms with Crippen LogP contribution in [0, 0.1) is 12.8 Å². The van der Waals surface area contributed by atoms with Crippen molar-refractivity contribution in [2.45, 2.75) is 20.0 Å². The van der Waals surface area contributed by atoms with Crippen molar-refractivity contribution in [3.8, 4) is 10.6 Å². The maximum atomic E-state index is 12.1. The van der Waals surface area contributed by atoms with Crippen LogP contribution in [-0.4, -0.2) is 27.9 Å². The number of nitrogens with one attached hydrogen (secondary N) is 1. The molecular weight excluding hydrogens is 333 g/mol. The first kappa shape index (κ1) is 17.4. The number of carbonyl (C=O) groups excluding carboxylic acids is 1. The summed E-state index contributed by atoms with van der Waals surface area (Å²) in [5.41, 5.74) is 2.99. The lowest BCUT2D eigenvalue weighted by molar-refractivity contribution is -0.118. The Kier molecular flexibility index (Phi) is 6.36. The third kappa shape index (κ3) is 4.28. The highest BCUT2D eigenvalue weighted by Crippen LogP contribution is 2.32. The lowest BCUT2D eigenvalue weighted by Crippen LogP contribution is -2.21. The van der Waals surface area contributed by atoms with E-state index in [-0.39, 0.29) is 11.8 Å². The number of hydrogen-bond donors (Lipinski definition) is 1. The van der Waals surface area contributed by atoms with Gasteiger partial charge in [-0.1, -0.05) is 18.3 Å². The summed E-state index contributed by atoms with van der Waals surface area (Å²) in [6.45, 7) is 3.86. The highest BCUT2D eigenvalue weighted by atomic mass is 32.2. The molecular formula is C15H20N3OPS2. The van der Waals surface area contributed by atoms with Crippen LogP contribution in [0.4, 0.5) is 5.00 Å². The molecule has 0 spiro atoms. The van der Waals surface area contributed by atoms with Gasteiger partial charge in [-0.25, -0.2) is 4.98 Å². The van der Waals surface area contributed by atoms with Gasteiger partial charge in [0.15, 0.2) is 0 Å². The second kappa shape index (κ2) is 8.04. The summed E-state index contributed by atoms with van der Waals surface area (Å²) in [6, 6.07) is 2.08. The molecule has 22 heavy (non-hydrogen) atoms. The standard InChI is InChI=1S/C15H20N3OPS2/c1-9(8-21-3)13(19)18-14-10(2)17-15(22-14)12-4-11(7-20)5-16-6-12/h4-6,9H,7-8,20H2,1-3H3,(H,18,19). The fourth-order valence-electron chi connectivity index (χ4n) is 1.91. The minimum absolute atomic E-state index is 0.0120. The largest absolute Gasteiger partial charge is 0.316 e. The molecule has 2 rings (SSSR count). The second-order valence-electron chi connectivity index (χ2n) is 5.07. The molecule has 0 aromatic carbocycles. The highest BCUT2D eigenvalue weighted by Gasteiger charge is 2.16. The molecule has 0 aliphatic rings. The number of thioether (sulfide) groups is 1. The van der Waals surface area contributed by atoms with E-state index in [0.29, 0.717) is 0 Å². The van der Waals surface area contributed by atoms with Crippen LogP contribution in [-0.2, 0) is 11.0 Å². The number of pyridine rings is 1. The SMILES string of the molecule is CSCC(C)C(=O)Nc1sc(-c2cncc(CP)c2)nc1C. The van der Waals surface area contributed by atoms with Crippen LogP contribution >= 0.6 is 32.3 Å². The number of carbonyl (C=O) groups is 1. The summed E-state index contributed by atoms with van der Waals surface area (Å²) < 4.78 is 0. The fraction of sp³-hybridized carbons (Fsp3) is 0.400. The minimum atomic E-state index is -0.0120. The van der Waals surface area contributed by atoms with Crippen molar-refractivity contribution in [1.29, 1.82) is 0 Å². The number of anilines is 1. The van der Waals surface area contributed by atoms with E-state index in [1.165, 1.54) is 11.3 Å². The molecule has 2 aromatic rings. The molecule has 2 atom stereocenters. The zero-order valence-corrected chi connectivity index (χ0v) is 15.7. The maximum Gasteiger partial charge on any atom is 0.228 e. The highest BCUT2D eigenvalue weighted by molar-refractivity contribution is 7.98. The van der Waals surface area contributed by atoms with Crippen LogP contribution in [0.1, 0.15) is 18.2 Å². The van der Waals surface area contributed by atoms with Crippen molar-refractivity contribution in [1.82, 2.24) is 9.97 Å². The molecule has 0 fully saturated rings. The predicted octanol–water partition coefficient (Wildman–Crippen LogP) is 3.83. The van der Waals surface area contributed by atoms with Crippen LogP contribution in [0.3, 0.4) is 0 Å². The van der Waals surface area contributed by atoms with Crippen LogP contribution < -0.4 is 5.32 Å².